The number of carbonyl (C=O) groups excluding carboxylic acids is 2. The second-order valence-electron chi connectivity index (χ2n) is 8.05. The van der Waals surface area contributed by atoms with E-state index in [1.165, 1.54) is 13.3 Å². The van der Waals surface area contributed by atoms with E-state index < -0.39 is 12.0 Å². The highest BCUT2D eigenvalue weighted by Gasteiger charge is 2.25. The van der Waals surface area contributed by atoms with Gasteiger partial charge in [-0.2, -0.15) is 0 Å². The van der Waals surface area contributed by atoms with Crippen LogP contribution in [0.4, 0.5) is 16.2 Å². The minimum atomic E-state index is -0.452. The second-order valence-corrected chi connectivity index (χ2v) is 8.05. The van der Waals surface area contributed by atoms with Crippen LogP contribution in [0.15, 0.2) is 57.7 Å². The topological polar surface area (TPSA) is 97.6 Å². The Bertz CT molecular complexity index is 1180. The Kier molecular flexibility index (Phi) is 6.54. The maximum Gasteiger partial charge on any atom is 0.323 e. The standard InChI is InChI=1S/C25H26N2O5/c1-16(28)31-15-21-23(29)20-14-19(27-25(30)26-18-10-6-3-7-11-18)12-13-22(20)32-24(21)17-8-4-2-5-9-17/h3,6-7,10-14,17H,2,4-5,8-9,15H2,1H3,(H2,26,27,30). The van der Waals surface area contributed by atoms with Crippen LogP contribution in [-0.2, 0) is 16.1 Å². The molecule has 0 saturated heterocycles. The lowest BCUT2D eigenvalue weighted by atomic mass is 9.85. The smallest absolute Gasteiger partial charge is 0.323 e. The van der Waals surface area contributed by atoms with Crippen molar-refractivity contribution in [3.63, 3.8) is 0 Å². The molecule has 1 aliphatic rings. The number of fused-ring (bicyclic) bond motifs is 1. The fourth-order valence-corrected chi connectivity index (χ4v) is 4.15. The first-order chi connectivity index (χ1) is 15.5. The average Bonchev–Trinajstić information content (AvgIpc) is 2.79. The molecule has 1 heterocycles. The van der Waals surface area contributed by atoms with Crippen molar-refractivity contribution in [2.45, 2.75) is 51.6 Å². The predicted molar refractivity (Wildman–Crippen MR) is 123 cm³/mol. The molecule has 0 unspecified atom stereocenters. The third-order valence-electron chi connectivity index (χ3n) is 5.70. The van der Waals surface area contributed by atoms with Gasteiger partial charge in [0.25, 0.3) is 0 Å². The summed E-state index contributed by atoms with van der Waals surface area (Å²) in [6, 6.07) is 13.6. The van der Waals surface area contributed by atoms with E-state index in [1.807, 2.05) is 18.2 Å². The Morgan fingerprint density at radius 3 is 2.44 bits per heavy atom. The minimum Gasteiger partial charge on any atom is -0.461 e. The summed E-state index contributed by atoms with van der Waals surface area (Å²) < 4.78 is 11.4. The third-order valence-corrected chi connectivity index (χ3v) is 5.70. The van der Waals surface area contributed by atoms with Gasteiger partial charge in [-0.3, -0.25) is 9.59 Å². The molecule has 1 aliphatic carbocycles. The zero-order valence-electron chi connectivity index (χ0n) is 18.0. The van der Waals surface area contributed by atoms with E-state index in [9.17, 15) is 14.4 Å². The van der Waals surface area contributed by atoms with E-state index in [2.05, 4.69) is 10.6 Å². The van der Waals surface area contributed by atoms with Gasteiger partial charge in [0.05, 0.1) is 10.9 Å². The number of para-hydroxylation sites is 1. The Balaban J connectivity index is 1.65. The largest absolute Gasteiger partial charge is 0.461 e. The van der Waals surface area contributed by atoms with Crippen LogP contribution < -0.4 is 16.1 Å². The fraction of sp³-hybridized carbons (Fsp3) is 0.320. The molecule has 4 rings (SSSR count). The van der Waals surface area contributed by atoms with Crippen molar-refractivity contribution < 1.29 is 18.7 Å². The van der Waals surface area contributed by atoms with Crippen molar-refractivity contribution in [2.75, 3.05) is 10.6 Å². The van der Waals surface area contributed by atoms with E-state index in [4.69, 9.17) is 9.15 Å². The molecular weight excluding hydrogens is 408 g/mol. The van der Waals surface area contributed by atoms with Gasteiger partial charge in [-0.25, -0.2) is 4.79 Å². The molecule has 3 aromatic rings. The van der Waals surface area contributed by atoms with Crippen molar-refractivity contribution in [3.05, 3.63) is 70.1 Å². The van der Waals surface area contributed by atoms with Crippen molar-refractivity contribution in [2.24, 2.45) is 0 Å². The Labute approximate surface area is 185 Å². The number of ether oxygens (including phenoxy) is 1. The molecule has 0 spiro atoms. The number of benzene rings is 2. The summed E-state index contributed by atoms with van der Waals surface area (Å²) in [5.41, 5.74) is 1.72. The second kappa shape index (κ2) is 9.68. The summed E-state index contributed by atoms with van der Waals surface area (Å²) in [6.45, 7) is 1.20. The lowest BCUT2D eigenvalue weighted by molar-refractivity contribution is -0.142. The zero-order chi connectivity index (χ0) is 22.5. The molecule has 0 aliphatic heterocycles. The van der Waals surface area contributed by atoms with Crippen LogP contribution in [0, 0.1) is 0 Å². The molecule has 0 radical (unpaired) electrons. The maximum atomic E-state index is 13.4. The van der Waals surface area contributed by atoms with Crippen LogP contribution in [0.25, 0.3) is 11.0 Å². The Morgan fingerprint density at radius 2 is 1.72 bits per heavy atom. The van der Waals surface area contributed by atoms with Crippen LogP contribution in [-0.4, -0.2) is 12.0 Å². The minimum absolute atomic E-state index is 0.119. The molecule has 2 N–H and O–H groups in total. The number of esters is 1. The summed E-state index contributed by atoms with van der Waals surface area (Å²) in [4.78, 5) is 37.1. The number of urea groups is 1. The summed E-state index contributed by atoms with van der Waals surface area (Å²) in [7, 11) is 0. The molecule has 1 fully saturated rings. The SMILES string of the molecule is CC(=O)OCc1c(C2CCCCC2)oc2ccc(NC(=O)Nc3ccccc3)cc2c1=O. The predicted octanol–water partition coefficient (Wildman–Crippen LogP) is 5.55. The van der Waals surface area contributed by atoms with Crippen LogP contribution in [0.3, 0.4) is 0 Å². The van der Waals surface area contributed by atoms with E-state index >= 15 is 0 Å². The van der Waals surface area contributed by atoms with Gasteiger partial charge in [0, 0.05) is 24.2 Å². The quantitative estimate of drug-likeness (QED) is 0.513. The van der Waals surface area contributed by atoms with E-state index in [0.29, 0.717) is 33.7 Å². The molecule has 32 heavy (non-hydrogen) atoms. The Hall–Kier alpha value is -3.61. The number of hydrogen-bond donors (Lipinski definition) is 2. The molecule has 1 aromatic heterocycles. The molecule has 2 aromatic carbocycles. The first-order valence-electron chi connectivity index (χ1n) is 10.9. The highest BCUT2D eigenvalue weighted by molar-refractivity contribution is 6.00. The van der Waals surface area contributed by atoms with Gasteiger partial charge in [0.2, 0.25) is 0 Å². The van der Waals surface area contributed by atoms with Crippen molar-refractivity contribution >= 4 is 34.3 Å². The van der Waals surface area contributed by atoms with Crippen LogP contribution in [0.1, 0.15) is 56.3 Å². The maximum absolute atomic E-state index is 13.4. The monoisotopic (exact) mass is 434 g/mol. The van der Waals surface area contributed by atoms with Gasteiger partial charge < -0.3 is 19.8 Å². The van der Waals surface area contributed by atoms with Gasteiger partial charge in [-0.15, -0.1) is 0 Å². The normalized spacial score (nSPS) is 14.2. The molecule has 1 saturated carbocycles. The van der Waals surface area contributed by atoms with E-state index in [-0.39, 0.29) is 18.0 Å². The molecule has 0 bridgehead atoms. The van der Waals surface area contributed by atoms with Gasteiger partial charge in [0.15, 0.2) is 5.43 Å². The molecular formula is C25H26N2O5. The first-order valence-corrected chi connectivity index (χ1v) is 10.9. The number of nitrogens with one attached hydrogen (secondary N) is 2. The molecule has 0 atom stereocenters. The third kappa shape index (κ3) is 4.99. The number of amides is 2. The number of hydrogen-bond acceptors (Lipinski definition) is 5. The van der Waals surface area contributed by atoms with E-state index in [1.54, 1.807) is 30.3 Å². The lowest BCUT2D eigenvalue weighted by Gasteiger charge is -2.23. The molecule has 166 valence electrons. The van der Waals surface area contributed by atoms with Crippen molar-refractivity contribution in [1.29, 1.82) is 0 Å². The summed E-state index contributed by atoms with van der Waals surface area (Å²) in [5, 5.41) is 5.82. The number of carbonyl (C=O) groups is 2. The van der Waals surface area contributed by atoms with Gasteiger partial charge in [0.1, 0.15) is 18.0 Å². The summed E-state index contributed by atoms with van der Waals surface area (Å²) >= 11 is 0. The van der Waals surface area contributed by atoms with Crippen LogP contribution in [0.2, 0.25) is 0 Å². The highest BCUT2D eigenvalue weighted by atomic mass is 16.5. The molecule has 7 nitrogen and oxygen atoms in total. The number of rotatable bonds is 5. The lowest BCUT2D eigenvalue weighted by Crippen LogP contribution is -2.20. The van der Waals surface area contributed by atoms with Gasteiger partial charge >= 0.3 is 12.0 Å². The van der Waals surface area contributed by atoms with Gasteiger partial charge in [-0.1, -0.05) is 37.5 Å². The number of anilines is 2. The van der Waals surface area contributed by atoms with E-state index in [0.717, 1.165) is 25.7 Å². The van der Waals surface area contributed by atoms with Crippen LogP contribution in [0.5, 0.6) is 0 Å². The van der Waals surface area contributed by atoms with Gasteiger partial charge in [-0.05, 0) is 43.2 Å². The van der Waals surface area contributed by atoms with Crippen molar-refractivity contribution in [3.8, 4) is 0 Å². The fourth-order valence-electron chi connectivity index (χ4n) is 4.15. The molecule has 2 amide bonds. The average molecular weight is 434 g/mol. The van der Waals surface area contributed by atoms with Crippen LogP contribution >= 0.6 is 0 Å². The molecule has 7 heteroatoms. The first kappa shape index (κ1) is 21.6. The summed E-state index contributed by atoms with van der Waals surface area (Å²) in [5.74, 6) is 0.305. The van der Waals surface area contributed by atoms with Crippen molar-refractivity contribution in [1.82, 2.24) is 0 Å². The zero-order valence-corrected chi connectivity index (χ0v) is 18.0. The Morgan fingerprint density at radius 1 is 1.00 bits per heavy atom. The highest BCUT2D eigenvalue weighted by Crippen LogP contribution is 2.35. The summed E-state index contributed by atoms with van der Waals surface area (Å²) in [6.07, 6.45) is 5.23.